The third-order valence-corrected chi connectivity index (χ3v) is 2.65. The average Bonchev–Trinajstić information content (AvgIpc) is 2.27. The van der Waals surface area contributed by atoms with Crippen molar-refractivity contribution in [2.24, 2.45) is 0 Å². The molecular weight excluding hydrogens is 202 g/mol. The summed E-state index contributed by atoms with van der Waals surface area (Å²) in [5.41, 5.74) is 3.28. The van der Waals surface area contributed by atoms with Crippen LogP contribution in [0, 0.1) is 6.92 Å². The molecule has 1 aromatic carbocycles. The van der Waals surface area contributed by atoms with Gasteiger partial charge in [0.25, 0.3) is 0 Å². The molecule has 0 fully saturated rings. The normalized spacial score (nSPS) is 10.6. The highest BCUT2D eigenvalue weighted by atomic mass is 16.4. The first-order chi connectivity index (χ1) is 7.61. The van der Waals surface area contributed by atoms with Crippen molar-refractivity contribution in [3.8, 4) is 0 Å². The average molecular weight is 215 g/mol. The summed E-state index contributed by atoms with van der Waals surface area (Å²) in [6.45, 7) is 4.01. The molecule has 2 rings (SSSR count). The highest BCUT2D eigenvalue weighted by Gasteiger charge is 2.07. The molecule has 0 aliphatic rings. The molecule has 0 unspecified atom stereocenters. The fourth-order valence-electron chi connectivity index (χ4n) is 1.87. The molecular formula is C13H13NO2. The predicted molar refractivity (Wildman–Crippen MR) is 62.8 cm³/mol. The van der Waals surface area contributed by atoms with Gasteiger partial charge in [-0.1, -0.05) is 6.92 Å². The summed E-state index contributed by atoms with van der Waals surface area (Å²) in [6, 6.07) is 7.07. The molecule has 0 saturated heterocycles. The number of rotatable bonds is 2. The van der Waals surface area contributed by atoms with Crippen LogP contribution in [0.1, 0.15) is 28.5 Å². The van der Waals surface area contributed by atoms with E-state index in [1.54, 1.807) is 18.2 Å². The van der Waals surface area contributed by atoms with E-state index in [4.69, 9.17) is 5.11 Å². The SMILES string of the molecule is CCc1cc(C)nc2ccc(C(=O)O)cc12. The lowest BCUT2D eigenvalue weighted by atomic mass is 10.0. The molecule has 0 radical (unpaired) electrons. The quantitative estimate of drug-likeness (QED) is 0.838. The Bertz CT molecular complexity index is 561. The van der Waals surface area contributed by atoms with Gasteiger partial charge < -0.3 is 5.11 Å². The minimum Gasteiger partial charge on any atom is -0.478 e. The third-order valence-electron chi connectivity index (χ3n) is 2.65. The number of aromatic nitrogens is 1. The van der Waals surface area contributed by atoms with Crippen LogP contribution in [0.4, 0.5) is 0 Å². The molecule has 3 heteroatoms. The zero-order valence-electron chi connectivity index (χ0n) is 9.32. The largest absolute Gasteiger partial charge is 0.478 e. The molecule has 0 spiro atoms. The first-order valence-corrected chi connectivity index (χ1v) is 5.25. The molecule has 0 aliphatic heterocycles. The molecule has 0 aliphatic carbocycles. The van der Waals surface area contributed by atoms with Gasteiger partial charge in [0.1, 0.15) is 0 Å². The van der Waals surface area contributed by atoms with E-state index >= 15 is 0 Å². The van der Waals surface area contributed by atoms with Gasteiger partial charge in [-0.3, -0.25) is 4.98 Å². The molecule has 1 N–H and O–H groups in total. The molecule has 3 nitrogen and oxygen atoms in total. The van der Waals surface area contributed by atoms with Crippen molar-refractivity contribution in [3.05, 3.63) is 41.1 Å². The smallest absolute Gasteiger partial charge is 0.335 e. The van der Waals surface area contributed by atoms with Crippen LogP contribution >= 0.6 is 0 Å². The number of carboxylic acids is 1. The topological polar surface area (TPSA) is 50.2 Å². The molecule has 82 valence electrons. The van der Waals surface area contributed by atoms with Crippen LogP contribution in [-0.2, 0) is 6.42 Å². The number of carboxylic acid groups (broad SMARTS) is 1. The molecule has 1 aromatic heterocycles. The lowest BCUT2D eigenvalue weighted by molar-refractivity contribution is 0.0697. The number of benzene rings is 1. The van der Waals surface area contributed by atoms with Crippen molar-refractivity contribution in [1.29, 1.82) is 0 Å². The van der Waals surface area contributed by atoms with Crippen molar-refractivity contribution in [2.45, 2.75) is 20.3 Å². The van der Waals surface area contributed by atoms with Crippen LogP contribution in [0.3, 0.4) is 0 Å². The standard InChI is InChI=1S/C13H13NO2/c1-3-9-6-8(2)14-12-5-4-10(13(15)16)7-11(9)12/h4-7H,3H2,1-2H3,(H,15,16). The fourth-order valence-corrected chi connectivity index (χ4v) is 1.87. The number of carbonyl (C=O) groups is 1. The number of aryl methyl sites for hydroxylation is 2. The number of fused-ring (bicyclic) bond motifs is 1. The van der Waals surface area contributed by atoms with E-state index in [1.807, 2.05) is 13.0 Å². The summed E-state index contributed by atoms with van der Waals surface area (Å²) >= 11 is 0. The minimum atomic E-state index is -0.899. The molecule has 0 saturated carbocycles. The number of nitrogens with zero attached hydrogens (tertiary/aromatic N) is 1. The van der Waals surface area contributed by atoms with E-state index in [9.17, 15) is 4.79 Å². The van der Waals surface area contributed by atoms with Crippen molar-refractivity contribution in [2.75, 3.05) is 0 Å². The molecule has 2 aromatic rings. The lowest BCUT2D eigenvalue weighted by Crippen LogP contribution is -1.98. The van der Waals surface area contributed by atoms with Crippen molar-refractivity contribution in [3.63, 3.8) is 0 Å². The van der Waals surface area contributed by atoms with E-state index in [-0.39, 0.29) is 0 Å². The van der Waals surface area contributed by atoms with Gasteiger partial charge >= 0.3 is 5.97 Å². The zero-order chi connectivity index (χ0) is 11.7. The van der Waals surface area contributed by atoms with Crippen molar-refractivity contribution < 1.29 is 9.90 Å². The van der Waals surface area contributed by atoms with Crippen molar-refractivity contribution in [1.82, 2.24) is 4.98 Å². The summed E-state index contributed by atoms with van der Waals surface area (Å²) in [4.78, 5) is 15.3. The molecule has 0 amide bonds. The highest BCUT2D eigenvalue weighted by molar-refractivity contribution is 5.94. The molecule has 16 heavy (non-hydrogen) atoms. The van der Waals surface area contributed by atoms with Crippen LogP contribution in [0.25, 0.3) is 10.9 Å². The molecule has 0 atom stereocenters. The maximum Gasteiger partial charge on any atom is 0.335 e. The second-order valence-electron chi connectivity index (χ2n) is 3.81. The van der Waals surface area contributed by atoms with Crippen LogP contribution in [0.15, 0.2) is 24.3 Å². The Hall–Kier alpha value is -1.90. The van der Waals surface area contributed by atoms with Gasteiger partial charge in [-0.05, 0) is 43.2 Å². The Balaban J connectivity index is 2.75. The molecule has 1 heterocycles. The second kappa shape index (κ2) is 3.93. The minimum absolute atomic E-state index is 0.313. The Morgan fingerprint density at radius 3 is 2.75 bits per heavy atom. The second-order valence-corrected chi connectivity index (χ2v) is 3.81. The number of hydrogen-bond donors (Lipinski definition) is 1. The first-order valence-electron chi connectivity index (χ1n) is 5.25. The van der Waals surface area contributed by atoms with Gasteiger partial charge in [-0.15, -0.1) is 0 Å². The number of aromatic carboxylic acids is 1. The van der Waals surface area contributed by atoms with Crippen molar-refractivity contribution >= 4 is 16.9 Å². The molecule has 0 bridgehead atoms. The monoisotopic (exact) mass is 215 g/mol. The van der Waals surface area contributed by atoms with Crippen LogP contribution in [0.5, 0.6) is 0 Å². The summed E-state index contributed by atoms with van der Waals surface area (Å²) in [5.74, 6) is -0.899. The summed E-state index contributed by atoms with van der Waals surface area (Å²) in [6.07, 6.45) is 0.878. The van der Waals surface area contributed by atoms with Gasteiger partial charge in [0, 0.05) is 11.1 Å². The highest BCUT2D eigenvalue weighted by Crippen LogP contribution is 2.20. The van der Waals surface area contributed by atoms with E-state index in [0.29, 0.717) is 5.56 Å². The van der Waals surface area contributed by atoms with Gasteiger partial charge in [0.2, 0.25) is 0 Å². The van der Waals surface area contributed by atoms with E-state index in [2.05, 4.69) is 11.9 Å². The Morgan fingerprint density at radius 1 is 1.38 bits per heavy atom. The van der Waals surface area contributed by atoms with Gasteiger partial charge in [0.05, 0.1) is 11.1 Å². The van der Waals surface area contributed by atoms with Gasteiger partial charge in [-0.2, -0.15) is 0 Å². The summed E-state index contributed by atoms with van der Waals surface area (Å²) in [7, 11) is 0. The Morgan fingerprint density at radius 2 is 2.12 bits per heavy atom. The van der Waals surface area contributed by atoms with Gasteiger partial charge in [0.15, 0.2) is 0 Å². The van der Waals surface area contributed by atoms with Crippen LogP contribution in [0.2, 0.25) is 0 Å². The van der Waals surface area contributed by atoms with E-state index in [1.165, 1.54) is 0 Å². The van der Waals surface area contributed by atoms with Gasteiger partial charge in [-0.25, -0.2) is 4.79 Å². The first kappa shape index (κ1) is 10.6. The predicted octanol–water partition coefficient (Wildman–Crippen LogP) is 2.80. The summed E-state index contributed by atoms with van der Waals surface area (Å²) in [5, 5.41) is 9.88. The maximum atomic E-state index is 10.9. The van der Waals surface area contributed by atoms with E-state index in [0.717, 1.165) is 28.6 Å². The summed E-state index contributed by atoms with van der Waals surface area (Å²) < 4.78 is 0. The Kier molecular flexibility index (Phi) is 2.60. The zero-order valence-corrected chi connectivity index (χ0v) is 9.32. The Labute approximate surface area is 93.7 Å². The third kappa shape index (κ3) is 1.76. The fraction of sp³-hybridized carbons (Fsp3) is 0.231. The van der Waals surface area contributed by atoms with Crippen LogP contribution in [-0.4, -0.2) is 16.1 Å². The maximum absolute atomic E-state index is 10.9. The van der Waals surface area contributed by atoms with E-state index < -0.39 is 5.97 Å². The number of pyridine rings is 1. The van der Waals surface area contributed by atoms with Crippen LogP contribution < -0.4 is 0 Å². The lowest BCUT2D eigenvalue weighted by Gasteiger charge is -2.06. The number of hydrogen-bond acceptors (Lipinski definition) is 2.